The van der Waals surface area contributed by atoms with Crippen molar-refractivity contribution in [3.63, 3.8) is 0 Å². The Morgan fingerprint density at radius 1 is 1.32 bits per heavy atom. The number of hydrogen-bond acceptors (Lipinski definition) is 6. The van der Waals surface area contributed by atoms with Crippen LogP contribution >= 0.6 is 11.6 Å². The zero-order chi connectivity index (χ0) is 14.4. The smallest absolute Gasteiger partial charge is 0.399 e. The molecule has 1 aromatic rings. The summed E-state index contributed by atoms with van der Waals surface area (Å²) in [5.74, 6) is -0.550. The maximum atomic E-state index is 11.5. The number of alkyl halides is 1. The van der Waals surface area contributed by atoms with Gasteiger partial charge in [-0.2, -0.15) is 0 Å². The second kappa shape index (κ2) is 6.50. The van der Waals surface area contributed by atoms with Crippen molar-refractivity contribution in [1.29, 1.82) is 0 Å². The minimum Gasteiger partial charge on any atom is -0.399 e. The first-order valence-corrected chi connectivity index (χ1v) is 5.44. The van der Waals surface area contributed by atoms with Crippen LogP contribution in [0.3, 0.4) is 0 Å². The number of carbonyl (C=O) groups excluding carboxylic acids is 1. The molecule has 0 aliphatic carbocycles. The van der Waals surface area contributed by atoms with Crippen molar-refractivity contribution in [3.8, 4) is 5.75 Å². The SMILES string of the molecule is O=C(Oc1ccccc1[N+](=O)[O-])N(CCCl)[N+](=O)[O-]. The topological polar surface area (TPSA) is 116 Å². The maximum absolute atomic E-state index is 11.5. The van der Waals surface area contributed by atoms with Gasteiger partial charge in [-0.15, -0.1) is 11.6 Å². The molecule has 0 saturated heterocycles. The van der Waals surface area contributed by atoms with E-state index >= 15 is 0 Å². The minimum absolute atomic E-state index is 0.129. The van der Waals surface area contributed by atoms with Crippen LogP contribution in [0.1, 0.15) is 0 Å². The Hall–Kier alpha value is -2.42. The van der Waals surface area contributed by atoms with E-state index in [1.807, 2.05) is 0 Å². The highest BCUT2D eigenvalue weighted by Crippen LogP contribution is 2.26. The van der Waals surface area contributed by atoms with Crippen molar-refractivity contribution in [2.45, 2.75) is 0 Å². The zero-order valence-corrected chi connectivity index (χ0v) is 10.1. The highest BCUT2D eigenvalue weighted by atomic mass is 35.5. The summed E-state index contributed by atoms with van der Waals surface area (Å²) < 4.78 is 4.63. The molecule has 0 fully saturated rings. The highest BCUT2D eigenvalue weighted by Gasteiger charge is 2.28. The normalized spacial score (nSPS) is 9.74. The molecule has 1 rings (SSSR count). The highest BCUT2D eigenvalue weighted by molar-refractivity contribution is 6.18. The van der Waals surface area contributed by atoms with Gasteiger partial charge in [0.05, 0.1) is 4.92 Å². The van der Waals surface area contributed by atoms with Gasteiger partial charge in [-0.25, -0.2) is 14.9 Å². The summed E-state index contributed by atoms with van der Waals surface area (Å²) in [6.45, 7) is -0.381. The van der Waals surface area contributed by atoms with Crippen molar-refractivity contribution in [3.05, 3.63) is 44.5 Å². The number of nitro benzene ring substituents is 1. The first kappa shape index (κ1) is 14.6. The number of benzene rings is 1. The molecule has 1 aromatic carbocycles. The summed E-state index contributed by atoms with van der Waals surface area (Å²) in [4.78, 5) is 32.0. The minimum atomic E-state index is -1.35. The molecule has 0 N–H and O–H groups in total. The summed E-state index contributed by atoms with van der Waals surface area (Å²) in [6.07, 6.45) is -1.35. The number of hydrogen-bond donors (Lipinski definition) is 0. The second-order valence-electron chi connectivity index (χ2n) is 3.14. The van der Waals surface area contributed by atoms with Crippen LogP contribution in [-0.4, -0.2) is 33.5 Å². The van der Waals surface area contributed by atoms with E-state index in [4.69, 9.17) is 11.6 Å². The van der Waals surface area contributed by atoms with Crippen molar-refractivity contribution < 1.29 is 19.5 Å². The van der Waals surface area contributed by atoms with E-state index in [1.54, 1.807) is 0 Å². The van der Waals surface area contributed by atoms with Gasteiger partial charge in [-0.1, -0.05) is 12.1 Å². The van der Waals surface area contributed by atoms with E-state index < -0.39 is 21.7 Å². The summed E-state index contributed by atoms with van der Waals surface area (Å²) in [7, 11) is 0. The van der Waals surface area contributed by atoms with Crippen LogP contribution in [0.15, 0.2) is 24.3 Å². The van der Waals surface area contributed by atoms with Gasteiger partial charge >= 0.3 is 11.8 Å². The van der Waals surface area contributed by atoms with E-state index in [0.29, 0.717) is 0 Å². The average molecular weight is 290 g/mol. The Morgan fingerprint density at radius 2 is 1.95 bits per heavy atom. The van der Waals surface area contributed by atoms with E-state index in [9.17, 15) is 25.0 Å². The Morgan fingerprint density at radius 3 is 2.47 bits per heavy atom. The number of hydrazine groups is 1. The molecule has 0 unspecified atom stereocenters. The van der Waals surface area contributed by atoms with Crippen LogP contribution in [0.5, 0.6) is 5.75 Å². The zero-order valence-electron chi connectivity index (χ0n) is 9.39. The Labute approximate surface area is 111 Å². The lowest BCUT2D eigenvalue weighted by Crippen LogP contribution is -2.39. The largest absolute Gasteiger partial charge is 0.473 e. The second-order valence-corrected chi connectivity index (χ2v) is 3.52. The number of para-hydroxylation sites is 2. The molecular formula is C9H8ClN3O6. The number of amides is 1. The molecule has 1 amide bonds. The van der Waals surface area contributed by atoms with E-state index in [2.05, 4.69) is 4.74 Å². The lowest BCUT2D eigenvalue weighted by molar-refractivity contribution is -0.633. The van der Waals surface area contributed by atoms with Gasteiger partial charge in [0, 0.05) is 11.9 Å². The third-order valence-electron chi connectivity index (χ3n) is 1.96. The van der Waals surface area contributed by atoms with Gasteiger partial charge in [-0.05, 0) is 11.1 Å². The van der Waals surface area contributed by atoms with E-state index in [0.717, 1.165) is 12.1 Å². The van der Waals surface area contributed by atoms with Gasteiger partial charge in [0.25, 0.3) is 0 Å². The number of carbonyl (C=O) groups is 1. The molecule has 0 heterocycles. The fraction of sp³-hybridized carbons (Fsp3) is 0.222. The predicted octanol–water partition coefficient (Wildman–Crippen LogP) is 1.83. The first-order valence-electron chi connectivity index (χ1n) is 4.90. The molecule has 0 radical (unpaired) electrons. The van der Waals surface area contributed by atoms with Crippen LogP contribution in [0.2, 0.25) is 0 Å². The summed E-state index contributed by atoms with van der Waals surface area (Å²) in [5, 5.41) is 20.4. The van der Waals surface area contributed by atoms with Crippen molar-refractivity contribution in [2.75, 3.05) is 12.4 Å². The van der Waals surface area contributed by atoms with Crippen LogP contribution in [0.25, 0.3) is 0 Å². The molecule has 0 bridgehead atoms. The van der Waals surface area contributed by atoms with Crippen molar-refractivity contribution in [2.24, 2.45) is 0 Å². The van der Waals surface area contributed by atoms with Gasteiger partial charge in [0.2, 0.25) is 5.75 Å². The quantitative estimate of drug-likeness (QED) is 0.464. The average Bonchev–Trinajstić information content (AvgIpc) is 2.35. The van der Waals surface area contributed by atoms with Gasteiger partial charge in [-0.3, -0.25) is 10.1 Å². The number of ether oxygens (including phenoxy) is 1. The van der Waals surface area contributed by atoms with E-state index in [-0.39, 0.29) is 23.2 Å². The number of halogens is 1. The van der Waals surface area contributed by atoms with Crippen LogP contribution in [0.4, 0.5) is 10.5 Å². The monoisotopic (exact) mass is 289 g/mol. The van der Waals surface area contributed by atoms with Crippen molar-refractivity contribution >= 4 is 23.4 Å². The number of rotatable bonds is 5. The van der Waals surface area contributed by atoms with E-state index in [1.165, 1.54) is 12.1 Å². The molecule has 0 aliphatic heterocycles. The lowest BCUT2D eigenvalue weighted by atomic mass is 10.3. The Balaban J connectivity index is 2.92. The fourth-order valence-corrected chi connectivity index (χ4v) is 1.32. The molecular weight excluding hydrogens is 282 g/mol. The molecule has 0 atom stereocenters. The first-order chi connectivity index (χ1) is 8.97. The summed E-state index contributed by atoms with van der Waals surface area (Å²) in [6, 6.07) is 5.04. The predicted molar refractivity (Wildman–Crippen MR) is 63.5 cm³/mol. The molecule has 19 heavy (non-hydrogen) atoms. The number of nitrogens with zero attached hydrogens (tertiary/aromatic N) is 3. The molecule has 0 aliphatic rings. The van der Waals surface area contributed by atoms with Gasteiger partial charge in [0.1, 0.15) is 6.54 Å². The third-order valence-corrected chi connectivity index (χ3v) is 2.13. The molecule has 0 aromatic heterocycles. The van der Waals surface area contributed by atoms with Crippen LogP contribution in [-0.2, 0) is 0 Å². The Kier molecular flexibility index (Phi) is 5.01. The summed E-state index contributed by atoms with van der Waals surface area (Å²) >= 11 is 5.31. The molecule has 0 spiro atoms. The third kappa shape index (κ3) is 3.78. The molecule has 0 saturated carbocycles. The lowest BCUT2D eigenvalue weighted by Gasteiger charge is -2.10. The molecule has 10 heteroatoms. The van der Waals surface area contributed by atoms with Gasteiger partial charge < -0.3 is 4.74 Å². The van der Waals surface area contributed by atoms with Gasteiger partial charge in [0.15, 0.2) is 5.03 Å². The van der Waals surface area contributed by atoms with Crippen LogP contribution in [0, 0.1) is 20.2 Å². The van der Waals surface area contributed by atoms with Crippen LogP contribution < -0.4 is 4.74 Å². The maximum Gasteiger partial charge on any atom is 0.473 e. The standard InChI is InChI=1S/C9H8ClN3O6/c10-5-6-11(13(17)18)9(14)19-8-4-2-1-3-7(8)12(15)16/h1-4H,5-6H2. The fourth-order valence-electron chi connectivity index (χ4n) is 1.16. The molecule has 102 valence electrons. The number of nitro groups is 2. The van der Waals surface area contributed by atoms with Crippen molar-refractivity contribution in [1.82, 2.24) is 5.01 Å². The summed E-state index contributed by atoms with van der Waals surface area (Å²) in [5.41, 5.74) is -0.468. The Bertz CT molecular complexity index is 508. The molecule has 9 nitrogen and oxygen atoms in total.